The zero-order chi connectivity index (χ0) is 23.5. The smallest absolute Gasteiger partial charge is 0.262 e. The number of pyridine rings is 1. The summed E-state index contributed by atoms with van der Waals surface area (Å²) in [5.74, 6) is 0.828. The third-order valence-electron chi connectivity index (χ3n) is 5.20. The van der Waals surface area contributed by atoms with E-state index in [4.69, 9.17) is 25.8 Å². The molecule has 0 aliphatic heterocycles. The minimum absolute atomic E-state index is 0.239. The number of rotatable bonds is 6. The zero-order valence-corrected chi connectivity index (χ0v) is 19.0. The van der Waals surface area contributed by atoms with Crippen molar-refractivity contribution in [2.24, 2.45) is 0 Å². The fraction of sp³-hybridized carbons (Fsp3) is 0.120. The molecule has 1 N–H and O–H groups in total. The molecule has 3 aromatic carbocycles. The highest BCUT2D eigenvalue weighted by Crippen LogP contribution is 2.40. The van der Waals surface area contributed by atoms with E-state index in [2.05, 4.69) is 5.32 Å². The summed E-state index contributed by atoms with van der Waals surface area (Å²) in [4.78, 5) is 26.5. The van der Waals surface area contributed by atoms with Gasteiger partial charge in [-0.1, -0.05) is 29.8 Å². The zero-order valence-electron chi connectivity index (χ0n) is 18.2. The Morgan fingerprint density at radius 3 is 2.06 bits per heavy atom. The van der Waals surface area contributed by atoms with E-state index in [9.17, 15) is 9.59 Å². The minimum Gasteiger partial charge on any atom is -0.493 e. The summed E-state index contributed by atoms with van der Waals surface area (Å²) in [5.41, 5.74) is 1.13. The van der Waals surface area contributed by atoms with Gasteiger partial charge in [-0.2, -0.15) is 0 Å². The van der Waals surface area contributed by atoms with E-state index in [1.54, 1.807) is 60.7 Å². The fourth-order valence-electron chi connectivity index (χ4n) is 3.62. The maximum Gasteiger partial charge on any atom is 0.262 e. The molecule has 4 aromatic rings. The van der Waals surface area contributed by atoms with Gasteiger partial charge >= 0.3 is 0 Å². The predicted octanol–water partition coefficient (Wildman–Crippen LogP) is 4.92. The molecule has 0 saturated carbocycles. The number of halogens is 1. The lowest BCUT2D eigenvalue weighted by Gasteiger charge is -2.16. The maximum absolute atomic E-state index is 13.4. The van der Waals surface area contributed by atoms with Crippen molar-refractivity contribution in [2.75, 3.05) is 26.6 Å². The number of hydrogen-bond acceptors (Lipinski definition) is 5. The number of methoxy groups -OCH3 is 3. The fourth-order valence-corrected chi connectivity index (χ4v) is 3.74. The van der Waals surface area contributed by atoms with Gasteiger partial charge in [0.05, 0.1) is 26.9 Å². The Hall–Kier alpha value is -3.97. The topological polar surface area (TPSA) is 78.8 Å². The summed E-state index contributed by atoms with van der Waals surface area (Å²) in [6.45, 7) is 0. The number of ether oxygens (including phenoxy) is 3. The Balaban J connectivity index is 1.83. The van der Waals surface area contributed by atoms with Gasteiger partial charge in [-0.05, 0) is 30.3 Å². The Labute approximate surface area is 195 Å². The SMILES string of the molecule is COc1cc(NC(=O)c2cn(-c3ccc(Cl)cc3)c(=O)c3ccccc23)cc(OC)c1OC. The van der Waals surface area contributed by atoms with Gasteiger partial charge in [-0.25, -0.2) is 0 Å². The van der Waals surface area contributed by atoms with Gasteiger partial charge in [0.15, 0.2) is 11.5 Å². The van der Waals surface area contributed by atoms with Crippen LogP contribution in [-0.4, -0.2) is 31.8 Å². The molecule has 168 valence electrons. The summed E-state index contributed by atoms with van der Waals surface area (Å²) >= 11 is 6.00. The van der Waals surface area contributed by atoms with E-state index in [1.165, 1.54) is 32.1 Å². The summed E-state index contributed by atoms with van der Waals surface area (Å²) in [6.07, 6.45) is 1.53. The number of carbonyl (C=O) groups excluding carboxylic acids is 1. The van der Waals surface area contributed by atoms with Crippen molar-refractivity contribution in [3.05, 3.63) is 87.8 Å². The monoisotopic (exact) mass is 464 g/mol. The first-order valence-corrected chi connectivity index (χ1v) is 10.4. The first-order valence-electron chi connectivity index (χ1n) is 9.98. The average molecular weight is 465 g/mol. The van der Waals surface area contributed by atoms with Crippen molar-refractivity contribution in [2.45, 2.75) is 0 Å². The van der Waals surface area contributed by atoms with E-state index in [-0.39, 0.29) is 5.56 Å². The van der Waals surface area contributed by atoms with E-state index in [0.717, 1.165) is 0 Å². The molecule has 0 bridgehead atoms. The van der Waals surface area contributed by atoms with Crippen LogP contribution in [0.4, 0.5) is 5.69 Å². The summed E-state index contributed by atoms with van der Waals surface area (Å²) in [6, 6.07) is 17.1. The number of anilines is 1. The van der Waals surface area contributed by atoms with E-state index in [0.29, 0.717) is 50.0 Å². The third kappa shape index (κ3) is 4.23. The summed E-state index contributed by atoms with van der Waals surface area (Å²) < 4.78 is 17.5. The van der Waals surface area contributed by atoms with Gasteiger partial charge in [0, 0.05) is 45.5 Å². The van der Waals surface area contributed by atoms with Crippen LogP contribution >= 0.6 is 11.6 Å². The molecule has 0 radical (unpaired) electrons. The van der Waals surface area contributed by atoms with Crippen LogP contribution in [0.15, 0.2) is 71.7 Å². The molecule has 8 heteroatoms. The molecule has 0 spiro atoms. The number of amides is 1. The molecule has 0 atom stereocenters. The number of nitrogens with zero attached hydrogens (tertiary/aromatic N) is 1. The van der Waals surface area contributed by atoms with E-state index in [1.807, 2.05) is 0 Å². The molecule has 0 saturated heterocycles. The molecular weight excluding hydrogens is 444 g/mol. The van der Waals surface area contributed by atoms with Crippen LogP contribution in [0.1, 0.15) is 10.4 Å². The quantitative estimate of drug-likeness (QED) is 0.438. The molecule has 0 unspecified atom stereocenters. The lowest BCUT2D eigenvalue weighted by Crippen LogP contribution is -2.22. The third-order valence-corrected chi connectivity index (χ3v) is 5.45. The first-order chi connectivity index (χ1) is 16.0. The van der Waals surface area contributed by atoms with Gasteiger partial charge in [0.1, 0.15) is 0 Å². The van der Waals surface area contributed by atoms with Crippen LogP contribution in [0.2, 0.25) is 5.02 Å². The molecule has 7 nitrogen and oxygen atoms in total. The van der Waals surface area contributed by atoms with Crippen molar-refractivity contribution in [3.8, 4) is 22.9 Å². The number of carbonyl (C=O) groups is 1. The average Bonchev–Trinajstić information content (AvgIpc) is 2.84. The molecule has 0 fully saturated rings. The van der Waals surface area contributed by atoms with Crippen LogP contribution in [0.25, 0.3) is 16.5 Å². The molecule has 4 rings (SSSR count). The Kier molecular flexibility index (Phi) is 6.24. The van der Waals surface area contributed by atoms with Gasteiger partial charge in [-0.15, -0.1) is 0 Å². The van der Waals surface area contributed by atoms with Crippen molar-refractivity contribution >= 4 is 34.0 Å². The normalized spacial score (nSPS) is 10.7. The molecular formula is C25H21ClN2O5. The molecule has 33 heavy (non-hydrogen) atoms. The second-order valence-corrected chi connectivity index (χ2v) is 7.54. The Morgan fingerprint density at radius 2 is 1.48 bits per heavy atom. The molecule has 0 aliphatic rings. The number of hydrogen-bond donors (Lipinski definition) is 1. The highest BCUT2D eigenvalue weighted by Gasteiger charge is 2.18. The summed E-state index contributed by atoms with van der Waals surface area (Å²) in [7, 11) is 4.50. The molecule has 1 aromatic heterocycles. The van der Waals surface area contributed by atoms with E-state index >= 15 is 0 Å². The predicted molar refractivity (Wildman–Crippen MR) is 129 cm³/mol. The lowest BCUT2D eigenvalue weighted by molar-refractivity contribution is 0.102. The number of fused-ring (bicyclic) bond motifs is 1. The number of nitrogens with one attached hydrogen (secondary N) is 1. The standard InChI is InChI=1S/C25H21ClN2O5/c1-31-21-12-16(13-22(32-2)23(21)33-3)27-24(29)20-14-28(17-10-8-15(26)9-11-17)25(30)19-7-5-4-6-18(19)20/h4-14H,1-3H3,(H,27,29). The Bertz CT molecular complexity index is 1370. The molecule has 1 amide bonds. The number of aromatic nitrogens is 1. The van der Waals surface area contributed by atoms with Crippen LogP contribution in [0, 0.1) is 0 Å². The van der Waals surface area contributed by atoms with Gasteiger partial charge in [0.2, 0.25) is 5.75 Å². The van der Waals surface area contributed by atoms with Crippen LogP contribution in [-0.2, 0) is 0 Å². The van der Waals surface area contributed by atoms with Gasteiger partial charge in [-0.3, -0.25) is 14.2 Å². The van der Waals surface area contributed by atoms with Crippen LogP contribution in [0.5, 0.6) is 17.2 Å². The van der Waals surface area contributed by atoms with Gasteiger partial charge in [0.25, 0.3) is 11.5 Å². The minimum atomic E-state index is -0.400. The second kappa shape index (κ2) is 9.26. The highest BCUT2D eigenvalue weighted by atomic mass is 35.5. The van der Waals surface area contributed by atoms with Gasteiger partial charge < -0.3 is 19.5 Å². The van der Waals surface area contributed by atoms with E-state index < -0.39 is 5.91 Å². The first kappa shape index (κ1) is 22.2. The van der Waals surface area contributed by atoms with Crippen molar-refractivity contribution < 1.29 is 19.0 Å². The van der Waals surface area contributed by atoms with Crippen molar-refractivity contribution in [3.63, 3.8) is 0 Å². The van der Waals surface area contributed by atoms with Crippen LogP contribution in [0.3, 0.4) is 0 Å². The second-order valence-electron chi connectivity index (χ2n) is 7.11. The summed E-state index contributed by atoms with van der Waals surface area (Å²) in [5, 5.41) is 4.38. The largest absolute Gasteiger partial charge is 0.493 e. The lowest BCUT2D eigenvalue weighted by atomic mass is 10.1. The van der Waals surface area contributed by atoms with Crippen LogP contribution < -0.4 is 25.1 Å². The maximum atomic E-state index is 13.4. The number of benzene rings is 3. The van der Waals surface area contributed by atoms with Crippen molar-refractivity contribution in [1.29, 1.82) is 0 Å². The Morgan fingerprint density at radius 1 is 0.879 bits per heavy atom. The molecule has 0 aliphatic carbocycles. The highest BCUT2D eigenvalue weighted by molar-refractivity contribution is 6.30. The van der Waals surface area contributed by atoms with Crippen molar-refractivity contribution in [1.82, 2.24) is 4.57 Å². The molecule has 1 heterocycles.